The van der Waals surface area contributed by atoms with Crippen LogP contribution in [-0.2, 0) is 0 Å². The van der Waals surface area contributed by atoms with E-state index in [9.17, 15) is 0 Å². The van der Waals surface area contributed by atoms with Gasteiger partial charge in [0.05, 0.1) is 19.8 Å². The normalized spacial score (nSPS) is 12.2. The number of H-pyrrole nitrogens is 1. The molecular formula is C16H17BrN4O3. The predicted octanol–water partition coefficient (Wildman–Crippen LogP) is 3.28. The third-order valence-corrected chi connectivity index (χ3v) is 3.86. The fourth-order valence-corrected chi connectivity index (χ4v) is 2.58. The van der Waals surface area contributed by atoms with E-state index in [-0.39, 0.29) is 0 Å². The van der Waals surface area contributed by atoms with Gasteiger partial charge in [-0.3, -0.25) is 5.10 Å². The van der Waals surface area contributed by atoms with Crippen molar-refractivity contribution in [1.29, 1.82) is 0 Å². The first-order chi connectivity index (χ1) is 11.6. The van der Waals surface area contributed by atoms with Crippen LogP contribution in [0.2, 0.25) is 0 Å². The van der Waals surface area contributed by atoms with Crippen LogP contribution in [0.15, 0.2) is 39.4 Å². The number of nitrogens with one attached hydrogen (secondary N) is 1. The third-order valence-electron chi connectivity index (χ3n) is 3.44. The summed E-state index contributed by atoms with van der Waals surface area (Å²) in [5, 5.41) is 7.01. The number of rotatable bonds is 6. The zero-order chi connectivity index (χ0) is 17.1. The number of ether oxygens (including phenoxy) is 2. The molecule has 3 rings (SSSR count). The van der Waals surface area contributed by atoms with Crippen LogP contribution in [0.4, 0.5) is 0 Å². The van der Waals surface area contributed by atoms with Gasteiger partial charge in [0.2, 0.25) is 5.82 Å². The molecule has 0 radical (unpaired) electrons. The predicted molar refractivity (Wildman–Crippen MR) is 92.0 cm³/mol. The number of furan rings is 1. The average Bonchev–Trinajstić information content (AvgIpc) is 3.23. The van der Waals surface area contributed by atoms with Gasteiger partial charge in [0.25, 0.3) is 0 Å². The van der Waals surface area contributed by atoms with Crippen molar-refractivity contribution < 1.29 is 13.9 Å². The summed E-state index contributed by atoms with van der Waals surface area (Å²) < 4.78 is 16.9. The fourth-order valence-electron chi connectivity index (χ4n) is 2.27. The van der Waals surface area contributed by atoms with Gasteiger partial charge >= 0.3 is 0 Å². The summed E-state index contributed by atoms with van der Waals surface area (Å²) in [6, 6.07) is 8.62. The molecule has 0 saturated heterocycles. The van der Waals surface area contributed by atoms with Crippen molar-refractivity contribution in [3.63, 3.8) is 0 Å². The second-order valence-corrected chi connectivity index (χ2v) is 5.75. The number of hydrogen-bond donors (Lipinski definition) is 2. The first-order valence-electron chi connectivity index (χ1n) is 7.36. The van der Waals surface area contributed by atoms with E-state index in [1.165, 1.54) is 0 Å². The summed E-state index contributed by atoms with van der Waals surface area (Å²) in [5.74, 6) is 2.84. The molecule has 0 saturated carbocycles. The third kappa shape index (κ3) is 3.29. The number of nitrogens with zero attached hydrogens (tertiary/aromatic N) is 2. The molecule has 0 aliphatic carbocycles. The summed E-state index contributed by atoms with van der Waals surface area (Å²) in [4.78, 5) is 4.41. The molecule has 1 aromatic carbocycles. The lowest BCUT2D eigenvalue weighted by Gasteiger charge is -2.14. The molecule has 0 bridgehead atoms. The highest BCUT2D eigenvalue weighted by Crippen LogP contribution is 2.31. The Hall–Kier alpha value is -2.32. The molecule has 24 heavy (non-hydrogen) atoms. The SMILES string of the molecule is CCOc1cc([C@@H](N)c2nc(-c3ccc(Br)o3)n[nH]2)ccc1OC. The molecule has 0 spiro atoms. The van der Waals surface area contributed by atoms with Crippen molar-refractivity contribution in [3.8, 4) is 23.1 Å². The van der Waals surface area contributed by atoms with E-state index in [0.29, 0.717) is 40.2 Å². The minimum atomic E-state index is -0.477. The van der Waals surface area contributed by atoms with Gasteiger partial charge in [-0.05, 0) is 52.7 Å². The zero-order valence-electron chi connectivity index (χ0n) is 13.2. The van der Waals surface area contributed by atoms with Crippen molar-refractivity contribution in [2.75, 3.05) is 13.7 Å². The average molecular weight is 393 g/mol. The molecule has 2 aromatic heterocycles. The lowest BCUT2D eigenvalue weighted by Crippen LogP contribution is -2.14. The molecule has 0 aliphatic rings. The van der Waals surface area contributed by atoms with Gasteiger partial charge in [0.1, 0.15) is 5.82 Å². The highest BCUT2D eigenvalue weighted by molar-refractivity contribution is 9.10. The molecule has 0 amide bonds. The molecule has 1 atom stereocenters. The van der Waals surface area contributed by atoms with Gasteiger partial charge in [0, 0.05) is 0 Å². The summed E-state index contributed by atoms with van der Waals surface area (Å²) in [7, 11) is 1.60. The maximum absolute atomic E-state index is 6.30. The number of nitrogens with two attached hydrogens (primary N) is 1. The molecule has 0 fully saturated rings. The topological polar surface area (TPSA) is 99.2 Å². The number of hydrogen-bond acceptors (Lipinski definition) is 6. The van der Waals surface area contributed by atoms with Crippen molar-refractivity contribution in [1.82, 2.24) is 15.2 Å². The molecule has 0 unspecified atom stereocenters. The standard InChI is InChI=1S/C16H17BrN4O3/c1-3-23-12-8-9(4-5-10(12)22-2)14(18)16-19-15(20-21-16)11-6-7-13(17)24-11/h4-8,14H,3,18H2,1-2H3,(H,19,20,21)/t14-/m1/s1. The van der Waals surface area contributed by atoms with Crippen LogP contribution in [0.1, 0.15) is 24.4 Å². The number of benzene rings is 1. The van der Waals surface area contributed by atoms with Crippen molar-refractivity contribution in [2.45, 2.75) is 13.0 Å². The number of methoxy groups -OCH3 is 1. The van der Waals surface area contributed by atoms with Crippen LogP contribution >= 0.6 is 15.9 Å². The van der Waals surface area contributed by atoms with Crippen molar-refractivity contribution in [2.24, 2.45) is 5.73 Å². The summed E-state index contributed by atoms with van der Waals surface area (Å²) in [6.07, 6.45) is 0. The molecule has 7 nitrogen and oxygen atoms in total. The largest absolute Gasteiger partial charge is 0.493 e. The minimum absolute atomic E-state index is 0.449. The van der Waals surface area contributed by atoms with Gasteiger partial charge in [-0.25, -0.2) is 4.98 Å². The number of aromatic amines is 1. The Labute approximate surface area is 147 Å². The van der Waals surface area contributed by atoms with E-state index in [4.69, 9.17) is 19.6 Å². The second kappa shape index (κ2) is 7.06. The minimum Gasteiger partial charge on any atom is -0.493 e. The summed E-state index contributed by atoms with van der Waals surface area (Å²) in [5.41, 5.74) is 7.14. The molecular weight excluding hydrogens is 376 g/mol. The first kappa shape index (κ1) is 16.5. The van der Waals surface area contributed by atoms with Crippen LogP contribution in [0, 0.1) is 0 Å². The van der Waals surface area contributed by atoms with Gasteiger partial charge in [-0.2, -0.15) is 0 Å². The van der Waals surface area contributed by atoms with Crippen molar-refractivity contribution in [3.05, 3.63) is 46.4 Å². The Morgan fingerprint density at radius 3 is 2.79 bits per heavy atom. The Balaban J connectivity index is 1.87. The van der Waals surface area contributed by atoms with Crippen LogP contribution in [0.25, 0.3) is 11.6 Å². The van der Waals surface area contributed by atoms with E-state index in [2.05, 4.69) is 31.1 Å². The summed E-state index contributed by atoms with van der Waals surface area (Å²) in [6.45, 7) is 2.45. The van der Waals surface area contributed by atoms with Gasteiger partial charge in [-0.1, -0.05) is 6.07 Å². The molecule has 3 N–H and O–H groups in total. The molecule has 3 aromatic rings. The quantitative estimate of drug-likeness (QED) is 0.667. The zero-order valence-corrected chi connectivity index (χ0v) is 14.8. The first-order valence-corrected chi connectivity index (χ1v) is 8.16. The highest BCUT2D eigenvalue weighted by atomic mass is 79.9. The van der Waals surface area contributed by atoms with Crippen LogP contribution in [-0.4, -0.2) is 28.9 Å². The van der Waals surface area contributed by atoms with E-state index >= 15 is 0 Å². The number of halogens is 1. The Kier molecular flexibility index (Phi) is 4.86. The lowest BCUT2D eigenvalue weighted by atomic mass is 10.1. The molecule has 2 heterocycles. The van der Waals surface area contributed by atoms with Crippen LogP contribution in [0.3, 0.4) is 0 Å². The van der Waals surface area contributed by atoms with E-state index in [0.717, 1.165) is 5.56 Å². The molecule has 0 aliphatic heterocycles. The van der Waals surface area contributed by atoms with Gasteiger partial charge < -0.3 is 19.6 Å². The molecule has 8 heteroatoms. The smallest absolute Gasteiger partial charge is 0.217 e. The highest BCUT2D eigenvalue weighted by Gasteiger charge is 2.18. The lowest BCUT2D eigenvalue weighted by molar-refractivity contribution is 0.310. The van der Waals surface area contributed by atoms with Crippen molar-refractivity contribution >= 4 is 15.9 Å². The fraction of sp³-hybridized carbons (Fsp3) is 0.250. The Morgan fingerprint density at radius 1 is 1.29 bits per heavy atom. The van der Waals surface area contributed by atoms with E-state index in [1.54, 1.807) is 19.2 Å². The Bertz CT molecular complexity index is 830. The Morgan fingerprint density at radius 2 is 2.12 bits per heavy atom. The van der Waals surface area contributed by atoms with E-state index in [1.807, 2.05) is 25.1 Å². The van der Waals surface area contributed by atoms with Gasteiger partial charge in [-0.15, -0.1) is 5.10 Å². The maximum atomic E-state index is 6.30. The monoisotopic (exact) mass is 392 g/mol. The molecule has 126 valence electrons. The summed E-state index contributed by atoms with van der Waals surface area (Å²) >= 11 is 3.26. The van der Waals surface area contributed by atoms with E-state index < -0.39 is 6.04 Å². The van der Waals surface area contributed by atoms with Crippen LogP contribution < -0.4 is 15.2 Å². The van der Waals surface area contributed by atoms with Crippen LogP contribution in [0.5, 0.6) is 11.5 Å². The van der Waals surface area contributed by atoms with Gasteiger partial charge in [0.15, 0.2) is 21.9 Å². The second-order valence-electron chi connectivity index (χ2n) is 4.97. The maximum Gasteiger partial charge on any atom is 0.217 e. The number of aromatic nitrogens is 3.